The van der Waals surface area contributed by atoms with Crippen LogP contribution in [0, 0.1) is 6.92 Å². The van der Waals surface area contributed by atoms with Gasteiger partial charge in [0, 0.05) is 23.7 Å². The van der Waals surface area contributed by atoms with E-state index in [9.17, 15) is 0 Å². The Balaban J connectivity index is 1.98. The quantitative estimate of drug-likeness (QED) is 0.481. The van der Waals surface area contributed by atoms with Crippen LogP contribution in [0.4, 0.5) is 0 Å². The summed E-state index contributed by atoms with van der Waals surface area (Å²) in [5.41, 5.74) is 6.41. The van der Waals surface area contributed by atoms with Crippen molar-refractivity contribution in [3.8, 4) is 5.69 Å². The van der Waals surface area contributed by atoms with E-state index in [4.69, 9.17) is 0 Å². The molecule has 25 heavy (non-hydrogen) atoms. The summed E-state index contributed by atoms with van der Waals surface area (Å²) in [6.45, 7) is 4.10. The van der Waals surface area contributed by atoms with Crippen LogP contribution in [0.25, 0.3) is 16.6 Å². The van der Waals surface area contributed by atoms with Gasteiger partial charge in [-0.1, -0.05) is 55.5 Å². The van der Waals surface area contributed by atoms with E-state index in [-0.39, 0.29) is 0 Å². The summed E-state index contributed by atoms with van der Waals surface area (Å²) in [7, 11) is 0. The van der Waals surface area contributed by atoms with Gasteiger partial charge in [0.1, 0.15) is 0 Å². The molecule has 0 N–H and O–H groups in total. The van der Waals surface area contributed by atoms with Crippen LogP contribution in [0.3, 0.4) is 0 Å². The van der Waals surface area contributed by atoms with Gasteiger partial charge in [-0.2, -0.15) is 0 Å². The van der Waals surface area contributed by atoms with Crippen molar-refractivity contribution in [1.82, 2.24) is 9.55 Å². The summed E-state index contributed by atoms with van der Waals surface area (Å²) in [6.07, 6.45) is 6.54. The third-order valence-electron chi connectivity index (χ3n) is 4.63. The largest absolute Gasteiger partial charge is 0.311 e. The van der Waals surface area contributed by atoms with E-state index in [2.05, 4.69) is 77.1 Å². The minimum atomic E-state index is 0.892. The lowest BCUT2D eigenvalue weighted by Gasteiger charge is -2.12. The van der Waals surface area contributed by atoms with E-state index in [1.165, 1.54) is 27.7 Å². The molecule has 2 aromatic carbocycles. The topological polar surface area (TPSA) is 17.8 Å². The van der Waals surface area contributed by atoms with Crippen molar-refractivity contribution < 1.29 is 0 Å². The molecule has 1 radical (unpaired) electrons. The lowest BCUT2D eigenvalue weighted by Crippen LogP contribution is -2.04. The zero-order chi connectivity index (χ0) is 17.1. The first-order valence-corrected chi connectivity index (χ1v) is 8.73. The van der Waals surface area contributed by atoms with Crippen molar-refractivity contribution >= 4 is 10.9 Å². The van der Waals surface area contributed by atoms with Crippen LogP contribution in [0.5, 0.6) is 0 Å². The van der Waals surface area contributed by atoms with Crippen molar-refractivity contribution in [2.75, 3.05) is 0 Å². The molecule has 2 heteroatoms. The van der Waals surface area contributed by atoms with Crippen LogP contribution >= 0.6 is 0 Å². The predicted octanol–water partition coefficient (Wildman–Crippen LogP) is 5.38. The summed E-state index contributed by atoms with van der Waals surface area (Å²) in [5.74, 6) is 0. The van der Waals surface area contributed by atoms with Crippen LogP contribution in [0.15, 0.2) is 79.1 Å². The number of rotatable bonds is 5. The third kappa shape index (κ3) is 2.96. The zero-order valence-corrected chi connectivity index (χ0v) is 14.2. The maximum atomic E-state index is 4.34. The maximum Gasteiger partial charge on any atom is 0.0642 e. The Morgan fingerprint density at radius 2 is 1.68 bits per heavy atom. The first-order chi connectivity index (χ1) is 12.4. The molecule has 4 rings (SSSR count). The molecule has 2 aromatic heterocycles. The predicted molar refractivity (Wildman–Crippen MR) is 104 cm³/mol. The van der Waals surface area contributed by atoms with E-state index < -0.39 is 0 Å². The number of pyridine rings is 1. The number of nitrogens with zero attached hydrogens (tertiary/aromatic N) is 2. The third-order valence-corrected chi connectivity index (χ3v) is 4.63. The highest BCUT2D eigenvalue weighted by atomic mass is 15.0. The van der Waals surface area contributed by atoms with Gasteiger partial charge in [0.15, 0.2) is 0 Å². The van der Waals surface area contributed by atoms with Crippen molar-refractivity contribution in [2.24, 2.45) is 0 Å². The van der Waals surface area contributed by atoms with Crippen molar-refractivity contribution in [1.29, 1.82) is 0 Å². The number of hydrogen-bond donors (Lipinski definition) is 0. The maximum absolute atomic E-state index is 4.34. The van der Waals surface area contributed by atoms with E-state index in [0.29, 0.717) is 0 Å². The normalized spacial score (nSPS) is 11.1. The Kier molecular flexibility index (Phi) is 4.34. The minimum absolute atomic E-state index is 0.892. The highest BCUT2D eigenvalue weighted by molar-refractivity contribution is 5.87. The fourth-order valence-electron chi connectivity index (χ4n) is 3.57. The van der Waals surface area contributed by atoms with Crippen molar-refractivity contribution in [2.45, 2.75) is 19.3 Å². The van der Waals surface area contributed by atoms with Gasteiger partial charge in [-0.3, -0.25) is 4.98 Å². The molecule has 0 amide bonds. The fourth-order valence-corrected chi connectivity index (χ4v) is 3.57. The van der Waals surface area contributed by atoms with Crippen LogP contribution in [-0.4, -0.2) is 9.55 Å². The second-order valence-electron chi connectivity index (χ2n) is 6.25. The summed E-state index contributed by atoms with van der Waals surface area (Å²) in [5, 5.41) is 1.32. The lowest BCUT2D eigenvalue weighted by atomic mass is 10.0. The standard InChI is InChI=1S/C23H21N2/c1-2-9-20-21-13-6-7-14-22(21)25(19-12-8-15-24-17-19)23(20)16-18-10-4-3-5-11-18/h3-8,10-15,17H,1-2,9,16H2. The molecular formula is C23H21N2. The first kappa shape index (κ1) is 15.6. The molecule has 123 valence electrons. The molecule has 0 aliphatic carbocycles. The lowest BCUT2D eigenvalue weighted by molar-refractivity contribution is 0.916. The Morgan fingerprint density at radius 1 is 0.880 bits per heavy atom. The van der Waals surface area contributed by atoms with Crippen LogP contribution < -0.4 is 0 Å². The molecule has 2 nitrogen and oxygen atoms in total. The summed E-state index contributed by atoms with van der Waals surface area (Å²) < 4.78 is 2.36. The van der Waals surface area contributed by atoms with E-state index in [0.717, 1.165) is 24.9 Å². The zero-order valence-electron chi connectivity index (χ0n) is 14.2. The SMILES string of the molecule is [CH2]CCc1c(Cc2ccccc2)n(-c2cccnc2)c2ccccc12. The number of para-hydroxylation sites is 1. The van der Waals surface area contributed by atoms with Gasteiger partial charge in [0.2, 0.25) is 0 Å². The average Bonchev–Trinajstić information content (AvgIpc) is 2.97. The highest BCUT2D eigenvalue weighted by Crippen LogP contribution is 2.32. The number of hydrogen-bond acceptors (Lipinski definition) is 1. The van der Waals surface area contributed by atoms with Gasteiger partial charge >= 0.3 is 0 Å². The smallest absolute Gasteiger partial charge is 0.0642 e. The second-order valence-corrected chi connectivity index (χ2v) is 6.25. The first-order valence-electron chi connectivity index (χ1n) is 8.73. The van der Waals surface area contributed by atoms with Gasteiger partial charge in [-0.25, -0.2) is 0 Å². The van der Waals surface area contributed by atoms with Crippen molar-refractivity contribution in [3.63, 3.8) is 0 Å². The van der Waals surface area contributed by atoms with Gasteiger partial charge in [0.25, 0.3) is 0 Å². The molecular weight excluding hydrogens is 304 g/mol. The molecule has 0 saturated carbocycles. The molecule has 0 spiro atoms. The van der Waals surface area contributed by atoms with E-state index in [1.54, 1.807) is 0 Å². The number of aromatic nitrogens is 2. The van der Waals surface area contributed by atoms with Crippen LogP contribution in [-0.2, 0) is 12.8 Å². The number of fused-ring (bicyclic) bond motifs is 1. The molecule has 0 bridgehead atoms. The number of benzene rings is 2. The van der Waals surface area contributed by atoms with Gasteiger partial charge < -0.3 is 4.57 Å². The molecule has 0 atom stereocenters. The molecule has 0 aliphatic heterocycles. The average molecular weight is 325 g/mol. The molecule has 0 aliphatic rings. The summed E-state index contributed by atoms with van der Waals surface area (Å²) in [4.78, 5) is 4.34. The fraction of sp³-hybridized carbons (Fsp3) is 0.130. The monoisotopic (exact) mass is 325 g/mol. The molecule has 0 saturated heterocycles. The second kappa shape index (κ2) is 6.94. The summed E-state index contributed by atoms with van der Waals surface area (Å²) in [6, 6.07) is 23.4. The van der Waals surface area contributed by atoms with E-state index >= 15 is 0 Å². The Labute approximate surface area is 148 Å². The highest BCUT2D eigenvalue weighted by Gasteiger charge is 2.17. The molecule has 0 unspecified atom stereocenters. The van der Waals surface area contributed by atoms with Crippen molar-refractivity contribution in [3.05, 3.63) is 103 Å². The van der Waals surface area contributed by atoms with Crippen LogP contribution in [0.2, 0.25) is 0 Å². The Hall–Kier alpha value is -2.87. The van der Waals surface area contributed by atoms with E-state index in [1.807, 2.05) is 18.5 Å². The number of aryl methyl sites for hydroxylation is 1. The minimum Gasteiger partial charge on any atom is -0.311 e. The Morgan fingerprint density at radius 3 is 2.44 bits per heavy atom. The molecule has 2 heterocycles. The van der Waals surface area contributed by atoms with Crippen LogP contribution in [0.1, 0.15) is 23.2 Å². The van der Waals surface area contributed by atoms with Gasteiger partial charge in [0.05, 0.1) is 17.4 Å². The van der Waals surface area contributed by atoms with Gasteiger partial charge in [-0.05, 0) is 42.2 Å². The molecule has 0 fully saturated rings. The Bertz CT molecular complexity index is 969. The van der Waals surface area contributed by atoms with Gasteiger partial charge in [-0.15, -0.1) is 0 Å². The molecule has 4 aromatic rings. The summed E-state index contributed by atoms with van der Waals surface area (Å²) >= 11 is 0.